The molecule has 4 amide bonds. The van der Waals surface area contributed by atoms with E-state index in [2.05, 4.69) is 29.6 Å². The van der Waals surface area contributed by atoms with Crippen LogP contribution in [0.5, 0.6) is 11.5 Å². The molecule has 13 aliphatic rings. The predicted molar refractivity (Wildman–Crippen MR) is 258 cm³/mol. The lowest BCUT2D eigenvalue weighted by Crippen LogP contribution is -2.85. The first-order valence-electron chi connectivity index (χ1n) is 27.7. The summed E-state index contributed by atoms with van der Waals surface area (Å²) in [6.45, 7) is 17.0. The number of allylic oxidation sites excluding steroid dienone is 1. The Balaban J connectivity index is 0.000000141. The maximum atomic E-state index is 14.4. The van der Waals surface area contributed by atoms with Gasteiger partial charge in [-0.2, -0.15) is 4.73 Å². The number of benzene rings is 2. The van der Waals surface area contributed by atoms with E-state index in [0.717, 1.165) is 39.3 Å². The number of piperazine rings is 2. The molecule has 7 atom stereocenters. The van der Waals surface area contributed by atoms with Crippen LogP contribution in [0.3, 0.4) is 0 Å². The van der Waals surface area contributed by atoms with Gasteiger partial charge in [0.15, 0.2) is 5.54 Å². The van der Waals surface area contributed by atoms with Crippen LogP contribution < -0.4 is 20.1 Å². The molecule has 2 aromatic carbocycles. The second kappa shape index (κ2) is 13.6. The molecule has 2 aliphatic carbocycles. The maximum Gasteiger partial charge on any atom is 0.276 e. The van der Waals surface area contributed by atoms with Crippen molar-refractivity contribution in [2.24, 2.45) is 17.3 Å². The molecule has 368 valence electrons. The number of fused-ring (bicyclic) bond motifs is 12. The van der Waals surface area contributed by atoms with Crippen molar-refractivity contribution in [3.8, 4) is 11.5 Å². The van der Waals surface area contributed by atoms with Crippen LogP contribution in [0.2, 0.25) is 0 Å². The molecular weight excluding hydrogens is 893 g/mol. The van der Waals surface area contributed by atoms with Crippen LogP contribution in [0.25, 0.3) is 28.6 Å². The lowest BCUT2D eigenvalue weighted by atomic mass is 9.50. The van der Waals surface area contributed by atoms with Crippen molar-refractivity contribution >= 4 is 63.7 Å². The highest BCUT2D eigenvalue weighted by Gasteiger charge is 2.77. The molecular formula is C54H63N6O10+. The van der Waals surface area contributed by atoms with E-state index in [9.17, 15) is 29.6 Å². The number of nitrogens with one attached hydrogen (secondary N) is 2. The fourth-order valence-electron chi connectivity index (χ4n) is 15.3. The summed E-state index contributed by atoms with van der Waals surface area (Å²) in [4.78, 5) is 58.6. The number of ether oxygens (including phenoxy) is 3. The molecule has 4 spiro atoms. The van der Waals surface area contributed by atoms with Gasteiger partial charge in [0.2, 0.25) is 19.0 Å². The number of hydrogen-bond donors (Lipinski definition) is 5. The van der Waals surface area contributed by atoms with Gasteiger partial charge in [0, 0.05) is 65.7 Å². The van der Waals surface area contributed by atoms with Gasteiger partial charge in [-0.15, -0.1) is 0 Å². The summed E-state index contributed by atoms with van der Waals surface area (Å²) in [5, 5.41) is 33.3. The second-order valence-electron chi connectivity index (χ2n) is 23.4. The first kappa shape index (κ1) is 37.7. The first-order chi connectivity index (χ1) is 35.7. The number of piperidine rings is 4. The lowest BCUT2D eigenvalue weighted by Gasteiger charge is -2.65. The molecule has 5 N–H and O–H groups in total. The minimum Gasteiger partial charge on any atom is -0.483 e. The summed E-state index contributed by atoms with van der Waals surface area (Å²) in [5.74, 6) is 0.0555. The fourth-order valence-corrected chi connectivity index (χ4v) is 15.3. The third kappa shape index (κ3) is 5.06. The summed E-state index contributed by atoms with van der Waals surface area (Å²) in [7, 11) is -5.41. The minimum absolute atomic E-state index is 0.00338. The molecule has 8 saturated heterocycles. The highest BCUT2D eigenvalue weighted by Crippen LogP contribution is 2.65. The molecule has 0 radical (unpaired) electrons. The highest BCUT2D eigenvalue weighted by atomic mass is 16.5. The van der Waals surface area contributed by atoms with Gasteiger partial charge in [-0.25, -0.2) is 0 Å². The Hall–Kier alpha value is -6.13. The molecule has 1 aromatic heterocycles. The Bertz CT molecular complexity index is 3360. The van der Waals surface area contributed by atoms with E-state index >= 15 is 0 Å². The largest absolute Gasteiger partial charge is 0.483 e. The van der Waals surface area contributed by atoms with Gasteiger partial charge in [-0.05, 0) is 135 Å². The maximum absolute atomic E-state index is 14.4. The monoisotopic (exact) mass is 963 g/mol. The molecule has 12 heterocycles. The molecule has 16 heteroatoms. The number of amides is 4. The zero-order valence-corrected chi connectivity index (χ0v) is 40.5. The van der Waals surface area contributed by atoms with E-state index in [1.807, 2.05) is 89.0 Å². The minimum atomic E-state index is -2.87. The molecule has 16 rings (SSSR count). The number of aliphatic hydroxyl groups is 1. The SMILES string of the molecule is CC1(C)C=Cc2c(ccc3c2[N+](O)=C2C3=C[C@]34NC(=O)C5(CCCN5C3=O)CC4C2(C)C)O1.[2H]C([2H])([2H])OC1c2c(n(O)c3c4c(ccc23)OC(C)(C)C=C4)C(C)(C)C2CC34CCCN3C(=O)[C@@]12NC4=O.[2H]OC([2H])([2H])[2H]. The van der Waals surface area contributed by atoms with E-state index in [0.29, 0.717) is 84.4 Å². The number of aromatic nitrogens is 1. The van der Waals surface area contributed by atoms with Crippen LogP contribution >= 0.6 is 0 Å². The molecule has 3 aromatic rings. The molecule has 16 nitrogen and oxygen atoms in total. The normalized spacial score (nSPS) is 36.4. The van der Waals surface area contributed by atoms with E-state index in [1.54, 1.807) is 17.0 Å². The van der Waals surface area contributed by atoms with E-state index in [4.69, 9.17) is 23.9 Å². The summed E-state index contributed by atoms with van der Waals surface area (Å²) >= 11 is 0. The lowest BCUT2D eigenvalue weighted by molar-refractivity contribution is -0.712. The van der Waals surface area contributed by atoms with Gasteiger partial charge in [-0.3, -0.25) is 24.4 Å². The van der Waals surface area contributed by atoms with Gasteiger partial charge < -0.3 is 45.0 Å². The zero-order chi connectivity index (χ0) is 55.5. The number of rotatable bonds is 1. The molecule has 4 bridgehead atoms. The summed E-state index contributed by atoms with van der Waals surface area (Å²) in [6, 6.07) is 7.45. The Morgan fingerprint density at radius 2 is 1.40 bits per heavy atom. The van der Waals surface area contributed by atoms with Gasteiger partial charge in [-0.1, -0.05) is 13.8 Å². The van der Waals surface area contributed by atoms with Crippen LogP contribution in [-0.2, 0) is 29.3 Å². The van der Waals surface area contributed by atoms with Crippen molar-refractivity contribution < 1.29 is 61.9 Å². The molecule has 0 saturated carbocycles. The summed E-state index contributed by atoms with van der Waals surface area (Å²) < 4.78 is 68.7. The number of hydrogen-bond acceptors (Lipinski definition) is 10. The van der Waals surface area contributed by atoms with Crippen molar-refractivity contribution in [3.05, 3.63) is 70.4 Å². The van der Waals surface area contributed by atoms with Crippen LogP contribution in [0.4, 0.5) is 5.69 Å². The summed E-state index contributed by atoms with van der Waals surface area (Å²) in [5.41, 5.74) is -0.787. The Morgan fingerprint density at radius 1 is 0.800 bits per heavy atom. The molecule has 5 unspecified atom stereocenters. The van der Waals surface area contributed by atoms with E-state index in [1.165, 1.54) is 4.74 Å². The fraction of sp³-hybridized carbons (Fsp3) is 0.537. The van der Waals surface area contributed by atoms with Crippen molar-refractivity contribution in [1.29, 1.82) is 1.43 Å². The molecule has 70 heavy (non-hydrogen) atoms. The Morgan fingerprint density at radius 3 is 2.06 bits per heavy atom. The Labute approximate surface area is 416 Å². The third-order valence-corrected chi connectivity index (χ3v) is 18.3. The molecule has 8 fully saturated rings. The van der Waals surface area contributed by atoms with Crippen molar-refractivity contribution in [2.75, 3.05) is 27.2 Å². The Kier molecular flexibility index (Phi) is 7.33. The topological polar surface area (TPSA) is 195 Å². The molecule has 11 aliphatic heterocycles. The quantitative estimate of drug-likeness (QED) is 0.111. The average molecular weight is 963 g/mol. The number of nitrogens with zero attached hydrogens (tertiary/aromatic N) is 4. The van der Waals surface area contributed by atoms with Crippen LogP contribution in [0.15, 0.2) is 42.5 Å². The average Bonchev–Trinajstić information content (AvgIpc) is 4.27. The van der Waals surface area contributed by atoms with Crippen LogP contribution in [0, 0.1) is 17.3 Å². The zero-order valence-electron chi connectivity index (χ0n) is 47.5. The van der Waals surface area contributed by atoms with Crippen molar-refractivity contribution in [1.82, 2.24) is 25.2 Å². The second-order valence-corrected chi connectivity index (χ2v) is 23.4. The van der Waals surface area contributed by atoms with Gasteiger partial charge >= 0.3 is 0 Å². The van der Waals surface area contributed by atoms with Crippen molar-refractivity contribution in [2.45, 2.75) is 139 Å². The van der Waals surface area contributed by atoms with Gasteiger partial charge in [0.25, 0.3) is 17.5 Å². The first-order valence-corrected chi connectivity index (χ1v) is 24.3. The smallest absolute Gasteiger partial charge is 0.276 e. The number of methoxy groups -OCH3 is 1. The van der Waals surface area contributed by atoms with Crippen LogP contribution in [0.1, 0.15) is 136 Å². The predicted octanol–water partition coefficient (Wildman–Crippen LogP) is 5.93. The number of carbonyl (C=O) groups is 4. The number of carbonyl (C=O) groups excluding carboxylic acids is 4. The highest BCUT2D eigenvalue weighted by molar-refractivity contribution is 6.30. The van der Waals surface area contributed by atoms with Crippen LogP contribution in [-0.4, -0.2) is 126 Å². The third-order valence-electron chi connectivity index (χ3n) is 18.3. The van der Waals surface area contributed by atoms with Gasteiger partial charge in [0.05, 0.1) is 41.6 Å². The van der Waals surface area contributed by atoms with Crippen molar-refractivity contribution in [3.63, 3.8) is 0 Å². The standard InChI is InChI=1S/C27H31N3O5.C26H27N3O4.CH4O/c1-24(2)11-9-14-16(35-24)8-7-15-18-20(30(33)19(14)15)25(3,4)17-13-26-10-6-12-29(26)23(32)27(17,21(18)34-5)28-22(26)31;1-23(2)10-8-15-17(33-23)7-6-14-16-12-26-18(24(3,4)20(16)29(32)19(14)15)13-25(21(30)27-26)9-5-11-28(25)22(26)31;1-2/h7-9,11,17,21,33H,6,10,12-13H2,1-5H3,(H,28,31);6-8,10,12,18H,5,9,11,13H2,1-4H3,(H-,27,30,32);2H,1H3/p+1/t17?,21?,26?,27-;18?,25?,26-;/m01./s1/i5D3;;1D3,2D. The van der Waals surface area contributed by atoms with E-state index in [-0.39, 0.29) is 29.5 Å². The van der Waals surface area contributed by atoms with Gasteiger partial charge in [0.1, 0.15) is 45.4 Å². The summed E-state index contributed by atoms with van der Waals surface area (Å²) in [6.07, 6.45) is 12.2. The van der Waals surface area contributed by atoms with E-state index < -0.39 is 70.3 Å².